The first-order valence-corrected chi connectivity index (χ1v) is 11.1. The van der Waals surface area contributed by atoms with Gasteiger partial charge >= 0.3 is 17.6 Å². The minimum atomic E-state index is -0.925. The highest BCUT2D eigenvalue weighted by Crippen LogP contribution is 2.31. The van der Waals surface area contributed by atoms with Crippen molar-refractivity contribution in [2.45, 2.75) is 45.6 Å². The standard InChI is InChI=1S/C24H24N4O8/c1-13-18(23(32)28(26-13)17-7-5-4-6-8-17)9-16-11-27(24(33)25-22(16)31)21-10-19(35-15(3)30)20(36-21)12-34-14(2)29/h4-9,11,19-21H,10,12H2,1-3H3,(H,25,31,33)/b18-9-/t19-,20+,21+/m0/s1. The maximum atomic E-state index is 13.0. The average Bonchev–Trinajstić information content (AvgIpc) is 3.34. The van der Waals surface area contributed by atoms with Crippen molar-refractivity contribution in [3.63, 3.8) is 0 Å². The van der Waals surface area contributed by atoms with Crippen molar-refractivity contribution < 1.29 is 28.6 Å². The minimum Gasteiger partial charge on any atom is -0.463 e. The van der Waals surface area contributed by atoms with Crippen LogP contribution in [-0.4, -0.2) is 51.9 Å². The number of para-hydroxylation sites is 1. The molecule has 3 atom stereocenters. The van der Waals surface area contributed by atoms with Crippen LogP contribution in [-0.2, 0) is 28.6 Å². The number of anilines is 1. The summed E-state index contributed by atoms with van der Waals surface area (Å²) in [5.41, 5.74) is -0.274. The second kappa shape index (κ2) is 10.1. The third-order valence-electron chi connectivity index (χ3n) is 5.62. The number of aromatic amines is 1. The number of H-pyrrole nitrogens is 1. The Morgan fingerprint density at radius 1 is 1.17 bits per heavy atom. The van der Waals surface area contributed by atoms with E-state index < -0.39 is 47.5 Å². The van der Waals surface area contributed by atoms with E-state index in [1.165, 1.54) is 31.1 Å². The van der Waals surface area contributed by atoms with Crippen LogP contribution in [0.2, 0.25) is 0 Å². The largest absolute Gasteiger partial charge is 0.463 e. The van der Waals surface area contributed by atoms with Crippen molar-refractivity contribution in [2.75, 3.05) is 11.6 Å². The smallest absolute Gasteiger partial charge is 0.330 e. The van der Waals surface area contributed by atoms with E-state index in [0.29, 0.717) is 11.4 Å². The fraction of sp³-hybridized carbons (Fsp3) is 0.333. The molecule has 1 N–H and O–H groups in total. The number of amides is 1. The zero-order valence-corrected chi connectivity index (χ0v) is 19.8. The van der Waals surface area contributed by atoms with Crippen molar-refractivity contribution >= 4 is 35.3 Å². The summed E-state index contributed by atoms with van der Waals surface area (Å²) in [5.74, 6) is -1.53. The van der Waals surface area contributed by atoms with Crippen LogP contribution in [0.5, 0.6) is 0 Å². The van der Waals surface area contributed by atoms with Crippen molar-refractivity contribution in [2.24, 2.45) is 5.10 Å². The lowest BCUT2D eigenvalue weighted by Crippen LogP contribution is -2.34. The van der Waals surface area contributed by atoms with Crippen LogP contribution in [0, 0.1) is 0 Å². The van der Waals surface area contributed by atoms with Gasteiger partial charge < -0.3 is 14.2 Å². The molecule has 1 saturated heterocycles. The third-order valence-corrected chi connectivity index (χ3v) is 5.62. The number of hydrazone groups is 1. The Morgan fingerprint density at radius 2 is 1.89 bits per heavy atom. The van der Waals surface area contributed by atoms with Crippen LogP contribution in [0.25, 0.3) is 6.08 Å². The summed E-state index contributed by atoms with van der Waals surface area (Å²) >= 11 is 0. The fourth-order valence-electron chi connectivity index (χ4n) is 3.96. The Kier molecular flexibility index (Phi) is 6.97. The van der Waals surface area contributed by atoms with Crippen molar-refractivity contribution in [1.82, 2.24) is 9.55 Å². The highest BCUT2D eigenvalue weighted by Gasteiger charge is 2.40. The molecule has 12 nitrogen and oxygen atoms in total. The molecule has 3 heterocycles. The first-order valence-electron chi connectivity index (χ1n) is 11.1. The molecular weight excluding hydrogens is 472 g/mol. The molecule has 188 valence electrons. The van der Waals surface area contributed by atoms with Gasteiger partial charge in [0, 0.05) is 26.5 Å². The van der Waals surface area contributed by atoms with Crippen LogP contribution in [0.1, 0.15) is 39.0 Å². The predicted molar refractivity (Wildman–Crippen MR) is 127 cm³/mol. The molecule has 1 aromatic heterocycles. The number of aromatic nitrogens is 2. The van der Waals surface area contributed by atoms with E-state index in [-0.39, 0.29) is 24.2 Å². The van der Waals surface area contributed by atoms with Gasteiger partial charge in [0.15, 0.2) is 0 Å². The van der Waals surface area contributed by atoms with E-state index in [9.17, 15) is 24.0 Å². The van der Waals surface area contributed by atoms with E-state index in [1.807, 2.05) is 6.07 Å². The SMILES string of the molecule is CC(=O)OC[C@H]1O[C@@H](n2cc(/C=C3\C(=O)N(c4ccccc4)N=C3C)c(=O)[nH]c2=O)C[C@@H]1OC(C)=O. The normalized spacial score (nSPS) is 22.6. The summed E-state index contributed by atoms with van der Waals surface area (Å²) in [4.78, 5) is 63.1. The molecule has 4 rings (SSSR count). The Morgan fingerprint density at radius 3 is 2.56 bits per heavy atom. The van der Waals surface area contributed by atoms with Crippen molar-refractivity contribution in [3.8, 4) is 0 Å². The van der Waals surface area contributed by atoms with Crippen LogP contribution < -0.4 is 16.3 Å². The molecular formula is C24H24N4O8. The zero-order valence-electron chi connectivity index (χ0n) is 19.8. The molecule has 2 aliphatic rings. The lowest BCUT2D eigenvalue weighted by molar-refractivity contribution is -0.155. The Labute approximate surface area is 204 Å². The van der Waals surface area contributed by atoms with E-state index in [2.05, 4.69) is 10.1 Å². The van der Waals surface area contributed by atoms with Crippen LogP contribution in [0.15, 0.2) is 56.8 Å². The van der Waals surface area contributed by atoms with E-state index in [4.69, 9.17) is 14.2 Å². The summed E-state index contributed by atoms with van der Waals surface area (Å²) in [5, 5.41) is 5.51. The van der Waals surface area contributed by atoms with Gasteiger partial charge in [0.1, 0.15) is 25.0 Å². The lowest BCUT2D eigenvalue weighted by Gasteiger charge is -2.17. The predicted octanol–water partition coefficient (Wildman–Crippen LogP) is 1.12. The highest BCUT2D eigenvalue weighted by atomic mass is 16.6. The number of nitrogens with one attached hydrogen (secondary N) is 1. The van der Waals surface area contributed by atoms with Crippen LogP contribution in [0.3, 0.4) is 0 Å². The second-order valence-corrected chi connectivity index (χ2v) is 8.26. The molecule has 0 bridgehead atoms. The van der Waals surface area contributed by atoms with Gasteiger partial charge in [0.25, 0.3) is 11.5 Å². The molecule has 1 fully saturated rings. The molecule has 0 aliphatic carbocycles. The van der Waals surface area contributed by atoms with Gasteiger partial charge in [-0.1, -0.05) is 18.2 Å². The first kappa shape index (κ1) is 24.8. The number of carbonyl (C=O) groups is 3. The molecule has 0 radical (unpaired) electrons. The summed E-state index contributed by atoms with van der Waals surface area (Å²) < 4.78 is 17.2. The van der Waals surface area contributed by atoms with Crippen LogP contribution in [0.4, 0.5) is 5.69 Å². The zero-order chi connectivity index (χ0) is 26.0. The molecule has 0 spiro atoms. The summed E-state index contributed by atoms with van der Waals surface area (Å²) in [7, 11) is 0. The van der Waals surface area contributed by atoms with Crippen LogP contribution >= 0.6 is 0 Å². The van der Waals surface area contributed by atoms with E-state index in [0.717, 1.165) is 4.57 Å². The number of hydrogen-bond acceptors (Lipinski definition) is 9. The molecule has 1 aromatic carbocycles. The van der Waals surface area contributed by atoms with E-state index in [1.54, 1.807) is 31.2 Å². The maximum absolute atomic E-state index is 13.0. The van der Waals surface area contributed by atoms with Gasteiger partial charge in [0.2, 0.25) is 0 Å². The van der Waals surface area contributed by atoms with Gasteiger partial charge in [0.05, 0.1) is 22.5 Å². The molecule has 2 aromatic rings. The van der Waals surface area contributed by atoms with E-state index >= 15 is 0 Å². The van der Waals surface area contributed by atoms with Gasteiger partial charge in [-0.3, -0.25) is 28.7 Å². The molecule has 36 heavy (non-hydrogen) atoms. The highest BCUT2D eigenvalue weighted by molar-refractivity contribution is 6.32. The first-order chi connectivity index (χ1) is 17.1. The molecule has 2 aliphatic heterocycles. The fourth-order valence-corrected chi connectivity index (χ4v) is 3.96. The third kappa shape index (κ3) is 5.18. The van der Waals surface area contributed by atoms with Gasteiger partial charge in [-0.05, 0) is 25.1 Å². The second-order valence-electron chi connectivity index (χ2n) is 8.26. The average molecular weight is 496 g/mol. The van der Waals surface area contributed by atoms with Gasteiger partial charge in [-0.25, -0.2) is 4.79 Å². The topological polar surface area (TPSA) is 149 Å². The number of rotatable bonds is 6. The van der Waals surface area contributed by atoms with Gasteiger partial charge in [-0.2, -0.15) is 10.1 Å². The number of ether oxygens (including phenoxy) is 3. The monoisotopic (exact) mass is 496 g/mol. The summed E-state index contributed by atoms with van der Waals surface area (Å²) in [6.45, 7) is 3.92. The van der Waals surface area contributed by atoms with Crippen molar-refractivity contribution in [1.29, 1.82) is 0 Å². The summed E-state index contributed by atoms with van der Waals surface area (Å²) in [6, 6.07) is 8.82. The Hall–Kier alpha value is -4.32. The number of carbonyl (C=O) groups excluding carboxylic acids is 3. The summed E-state index contributed by atoms with van der Waals surface area (Å²) in [6.07, 6.45) is 0.184. The quantitative estimate of drug-likeness (QED) is 0.462. The molecule has 0 unspecified atom stereocenters. The number of hydrogen-bond donors (Lipinski definition) is 1. The Balaban J connectivity index is 1.64. The van der Waals surface area contributed by atoms with Crippen molar-refractivity contribution in [3.05, 3.63) is 68.5 Å². The lowest BCUT2D eigenvalue weighted by atomic mass is 10.1. The molecule has 1 amide bonds. The maximum Gasteiger partial charge on any atom is 0.330 e. The molecule has 12 heteroatoms. The Bertz CT molecular complexity index is 1370. The number of nitrogens with zero attached hydrogens (tertiary/aromatic N) is 3. The molecule has 0 saturated carbocycles. The van der Waals surface area contributed by atoms with Gasteiger partial charge in [-0.15, -0.1) is 0 Å². The minimum absolute atomic E-state index is 0.0264. The number of benzene rings is 1. The number of esters is 2.